The second-order valence-corrected chi connectivity index (χ2v) is 13.1. The summed E-state index contributed by atoms with van der Waals surface area (Å²) in [4.78, 5) is 12.0. The van der Waals surface area contributed by atoms with Crippen molar-refractivity contribution in [1.29, 1.82) is 0 Å². The molecule has 0 amide bonds. The van der Waals surface area contributed by atoms with Gasteiger partial charge in [-0.25, -0.2) is 0 Å². The summed E-state index contributed by atoms with van der Waals surface area (Å²) in [6.07, 6.45) is 16.4. The molecule has 41 heavy (non-hydrogen) atoms. The minimum atomic E-state index is -0.137. The Bertz CT molecular complexity index is 1070. The molecule has 0 saturated heterocycles. The minimum Gasteiger partial charge on any atom is -0.489 e. The van der Waals surface area contributed by atoms with Crippen molar-refractivity contribution in [2.75, 3.05) is 7.11 Å². The molecule has 4 heteroatoms. The Hall–Kier alpha value is -2.71. The van der Waals surface area contributed by atoms with Crippen molar-refractivity contribution < 1.29 is 31.4 Å². The summed E-state index contributed by atoms with van der Waals surface area (Å²) in [5.74, 6) is 1.36. The first-order chi connectivity index (χ1) is 19.8. The van der Waals surface area contributed by atoms with Crippen molar-refractivity contribution in [1.82, 2.24) is 0 Å². The van der Waals surface area contributed by atoms with Gasteiger partial charge in [0.05, 0.1) is 13.0 Å². The second-order valence-electron chi connectivity index (χ2n) is 11.0. The molecule has 1 fully saturated rings. The fourth-order valence-electron chi connectivity index (χ4n) is 4.51. The number of allylic oxidation sites excluding steroid dienone is 6. The average Bonchev–Trinajstić information content (AvgIpc) is 3.77. The molecule has 224 valence electrons. The number of hydrogen-bond acceptors (Lipinski definition) is 3. The normalized spacial score (nSPS) is 17.1. The van der Waals surface area contributed by atoms with Crippen LogP contribution < -0.4 is 4.74 Å². The van der Waals surface area contributed by atoms with Gasteiger partial charge in [0.1, 0.15) is 12.4 Å². The van der Waals surface area contributed by atoms with E-state index in [2.05, 4.69) is 75.6 Å². The van der Waals surface area contributed by atoms with Gasteiger partial charge >= 0.3 is 71.3 Å². The summed E-state index contributed by atoms with van der Waals surface area (Å²) in [7, 11) is 1.46. The van der Waals surface area contributed by atoms with E-state index in [-0.39, 0.29) is 17.8 Å². The number of esters is 1. The number of methoxy groups -OCH3 is 1. The predicted octanol–water partition coefficient (Wildman–Crippen LogP) is 10.3. The molecule has 2 aliphatic rings. The van der Waals surface area contributed by atoms with Crippen molar-refractivity contribution in [3.05, 3.63) is 114 Å². The molecule has 2 aromatic rings. The maximum Gasteiger partial charge on any atom is 0.309 e. The molecule has 0 N–H and O–H groups in total. The van der Waals surface area contributed by atoms with E-state index >= 15 is 0 Å². The molecule has 0 spiro atoms. The second kappa shape index (κ2) is 20.2. The minimum absolute atomic E-state index is 0.133. The third kappa shape index (κ3) is 15.2. The van der Waals surface area contributed by atoms with E-state index in [0.29, 0.717) is 29.7 Å². The summed E-state index contributed by atoms with van der Waals surface area (Å²) in [6, 6.07) is 18.3. The summed E-state index contributed by atoms with van der Waals surface area (Å²) in [6.45, 7) is 14.4. The average molecular weight is 644 g/mol. The van der Waals surface area contributed by atoms with Crippen LogP contribution in [0.5, 0.6) is 5.75 Å². The summed E-state index contributed by atoms with van der Waals surface area (Å²) in [5, 5.41) is 2.47. The predicted molar refractivity (Wildman–Crippen MR) is 170 cm³/mol. The topological polar surface area (TPSA) is 35.5 Å². The first-order valence-corrected chi connectivity index (χ1v) is 17.2. The van der Waals surface area contributed by atoms with E-state index in [1.807, 2.05) is 37.3 Å². The zero-order chi connectivity index (χ0) is 29.9. The maximum absolute atomic E-state index is 12.0. The maximum atomic E-state index is 12.0. The van der Waals surface area contributed by atoms with Gasteiger partial charge in [-0.1, -0.05) is 73.7 Å². The summed E-state index contributed by atoms with van der Waals surface area (Å²) >= 11 is 0.503. The van der Waals surface area contributed by atoms with Gasteiger partial charge in [0, 0.05) is 0 Å². The molecule has 0 aromatic heterocycles. The van der Waals surface area contributed by atoms with Crippen molar-refractivity contribution in [2.45, 2.75) is 81.9 Å². The van der Waals surface area contributed by atoms with Crippen LogP contribution in [0, 0.1) is 11.8 Å². The molecule has 4 rings (SSSR count). The Morgan fingerprint density at radius 2 is 1.44 bits per heavy atom. The first-order valence-electron chi connectivity index (χ1n) is 14.7. The summed E-state index contributed by atoms with van der Waals surface area (Å²) in [5.41, 5.74) is 4.94. The van der Waals surface area contributed by atoms with Crippen LogP contribution in [0.4, 0.5) is 0 Å². The van der Waals surface area contributed by atoms with E-state index in [1.165, 1.54) is 72.4 Å². The third-order valence-corrected chi connectivity index (χ3v) is 9.64. The fourth-order valence-corrected chi connectivity index (χ4v) is 6.21. The molecular formula is C37H50O3Ru. The van der Waals surface area contributed by atoms with Gasteiger partial charge < -0.3 is 9.47 Å². The number of carbonyl (C=O) groups excluding carboxylic acids is 1. The molecule has 2 aromatic carbocycles. The molecule has 0 heterocycles. The molecule has 3 nitrogen and oxygen atoms in total. The first kappa shape index (κ1) is 34.5. The number of rotatable bonds is 11. The van der Waals surface area contributed by atoms with Crippen LogP contribution in [0.15, 0.2) is 103 Å². The van der Waals surface area contributed by atoms with Crippen LogP contribution in [0.2, 0.25) is 10.0 Å². The Balaban J connectivity index is 0.000000283. The van der Waals surface area contributed by atoms with Crippen molar-refractivity contribution in [3.63, 3.8) is 0 Å². The standard InChI is InChI=1S/C21H24O3.C8H12.2C4H7.Ru/c1-15(21(22)23-2)20(17-11-12-17)18-9-6-10-19(13-18)24-14-16-7-4-3-5-8-16;1-2-4-6-8-7-5-3-1;2*1-4(2)3;/h3-10,13,15,17,20H,11-12,14H2,1-2H3;1-2,7-8H,3-6H2;2*1-2H2,3H3;/b;2-1-,8-7-;;;/t15-,20-;;;;/m0..../s1. The van der Waals surface area contributed by atoms with E-state index in [0.717, 1.165) is 11.3 Å². The zero-order valence-corrected chi connectivity index (χ0v) is 27.3. The van der Waals surface area contributed by atoms with E-state index < -0.39 is 0 Å². The largest absolute Gasteiger partial charge is 0.489 e. The third-order valence-electron chi connectivity index (χ3n) is 6.67. The summed E-state index contributed by atoms with van der Waals surface area (Å²) < 4.78 is 10.9. The monoisotopic (exact) mass is 644 g/mol. The van der Waals surface area contributed by atoms with Crippen molar-refractivity contribution >= 4 is 5.97 Å². The van der Waals surface area contributed by atoms with Crippen molar-refractivity contribution in [2.24, 2.45) is 11.8 Å². The SMILES string of the molecule is C1=C\CC/C=C\CC/1.C=C(C)[CH2][Ru][CH2]C(=C)C.COC(=O)[C@@H](C)[C@H](c1cccc(OCc2ccccc2)c1)C1CC1. The van der Waals surface area contributed by atoms with Crippen LogP contribution >= 0.6 is 0 Å². The Kier molecular flexibility index (Phi) is 17.0. The quantitative estimate of drug-likeness (QED) is 0.139. The molecule has 2 aliphatic carbocycles. The van der Waals surface area contributed by atoms with E-state index in [4.69, 9.17) is 9.47 Å². The van der Waals surface area contributed by atoms with E-state index in [1.54, 1.807) is 0 Å². The van der Waals surface area contributed by atoms with Gasteiger partial charge in [-0.2, -0.15) is 0 Å². The van der Waals surface area contributed by atoms with Crippen LogP contribution in [-0.2, 0) is 33.3 Å². The van der Waals surface area contributed by atoms with Gasteiger partial charge in [-0.3, -0.25) is 4.79 Å². The molecule has 0 bridgehead atoms. The Morgan fingerprint density at radius 1 is 0.878 bits per heavy atom. The molecule has 0 aliphatic heterocycles. The van der Waals surface area contributed by atoms with Crippen LogP contribution in [-0.4, -0.2) is 13.1 Å². The molecule has 0 radical (unpaired) electrons. The van der Waals surface area contributed by atoms with Crippen LogP contribution in [0.3, 0.4) is 0 Å². The zero-order valence-electron chi connectivity index (χ0n) is 25.6. The number of ether oxygens (including phenoxy) is 2. The molecule has 1 saturated carbocycles. The fraction of sp³-hybridized carbons (Fsp3) is 0.432. The molecule has 0 unspecified atom stereocenters. The molecular weight excluding hydrogens is 593 g/mol. The van der Waals surface area contributed by atoms with Gasteiger partial charge in [0.25, 0.3) is 0 Å². The Labute approximate surface area is 257 Å². The van der Waals surface area contributed by atoms with Crippen molar-refractivity contribution in [3.8, 4) is 5.75 Å². The number of hydrogen-bond donors (Lipinski definition) is 0. The van der Waals surface area contributed by atoms with Gasteiger partial charge in [-0.05, 0) is 73.6 Å². The van der Waals surface area contributed by atoms with Gasteiger partial charge in [0.15, 0.2) is 0 Å². The molecule has 2 atom stereocenters. The van der Waals surface area contributed by atoms with E-state index in [9.17, 15) is 4.79 Å². The smallest absolute Gasteiger partial charge is 0.309 e. The van der Waals surface area contributed by atoms with Crippen LogP contribution in [0.25, 0.3) is 0 Å². The number of benzene rings is 2. The number of carbonyl (C=O) groups is 1. The van der Waals surface area contributed by atoms with Crippen LogP contribution in [0.1, 0.15) is 76.3 Å². The van der Waals surface area contributed by atoms with Gasteiger partial charge in [0.2, 0.25) is 0 Å². The Morgan fingerprint density at radius 3 is 1.93 bits per heavy atom. The van der Waals surface area contributed by atoms with Gasteiger partial charge in [-0.15, -0.1) is 0 Å².